The Morgan fingerprint density at radius 3 is 2.87 bits per heavy atom. The van der Waals surface area contributed by atoms with Gasteiger partial charge in [-0.3, -0.25) is 4.98 Å². The van der Waals surface area contributed by atoms with Gasteiger partial charge in [0, 0.05) is 31.0 Å². The Balaban J connectivity index is 1.37. The summed E-state index contributed by atoms with van der Waals surface area (Å²) in [5, 5.41) is 22.7. The van der Waals surface area contributed by atoms with Crippen molar-refractivity contribution in [3.05, 3.63) is 83.2 Å². The Morgan fingerprint density at radius 1 is 1.26 bits per heavy atom. The van der Waals surface area contributed by atoms with Crippen LogP contribution in [0.4, 0.5) is 0 Å². The van der Waals surface area contributed by atoms with E-state index in [1.165, 1.54) is 0 Å². The van der Waals surface area contributed by atoms with E-state index in [-0.39, 0.29) is 6.10 Å². The number of carbonyl (C=O) groups is 1. The molecule has 0 saturated heterocycles. The number of carboxylic acid groups (broad SMARTS) is 1. The number of fused-ring (bicyclic) bond motifs is 1. The van der Waals surface area contributed by atoms with Crippen LogP contribution in [0.2, 0.25) is 0 Å². The molecule has 0 unspecified atom stereocenters. The van der Waals surface area contributed by atoms with Gasteiger partial charge in [0.05, 0.1) is 11.7 Å². The number of aliphatic hydroxyl groups excluding tert-OH is 1. The maximum atomic E-state index is 11.2. The number of hydrogen-bond acceptors (Lipinski definition) is 5. The van der Waals surface area contributed by atoms with Crippen molar-refractivity contribution >= 4 is 5.97 Å². The largest absolute Gasteiger partial charge is 0.489 e. The zero-order chi connectivity index (χ0) is 21.8. The average Bonchev–Trinajstić information content (AvgIpc) is 2.79. The zero-order valence-corrected chi connectivity index (χ0v) is 17.4. The van der Waals surface area contributed by atoms with Crippen molar-refractivity contribution < 1.29 is 19.7 Å². The fraction of sp³-hybridized carbons (Fsp3) is 0.280. The molecule has 2 aromatic carbocycles. The quantitative estimate of drug-likeness (QED) is 0.541. The molecule has 0 radical (unpaired) electrons. The van der Waals surface area contributed by atoms with Crippen LogP contribution in [-0.4, -0.2) is 40.4 Å². The van der Waals surface area contributed by atoms with Gasteiger partial charge in [-0.1, -0.05) is 18.2 Å². The highest BCUT2D eigenvalue weighted by atomic mass is 16.5. The fourth-order valence-corrected chi connectivity index (χ4v) is 3.95. The van der Waals surface area contributed by atoms with Crippen LogP contribution < -0.4 is 10.1 Å². The molecule has 2 heterocycles. The van der Waals surface area contributed by atoms with Crippen LogP contribution >= 0.6 is 0 Å². The van der Waals surface area contributed by atoms with Gasteiger partial charge in [0.1, 0.15) is 11.9 Å². The maximum Gasteiger partial charge on any atom is 0.335 e. The smallest absolute Gasteiger partial charge is 0.335 e. The summed E-state index contributed by atoms with van der Waals surface area (Å²) < 4.78 is 6.16. The fourth-order valence-electron chi connectivity index (χ4n) is 3.95. The van der Waals surface area contributed by atoms with Crippen molar-refractivity contribution in [2.45, 2.75) is 32.0 Å². The number of nitrogens with zero attached hydrogens (tertiary/aromatic N) is 1. The third-order valence-electron chi connectivity index (χ3n) is 5.65. The van der Waals surface area contributed by atoms with Gasteiger partial charge in [-0.15, -0.1) is 0 Å². The van der Waals surface area contributed by atoms with Gasteiger partial charge in [0.15, 0.2) is 0 Å². The van der Waals surface area contributed by atoms with E-state index in [0.29, 0.717) is 18.7 Å². The summed E-state index contributed by atoms with van der Waals surface area (Å²) in [5.74, 6) is -0.0319. The molecule has 160 valence electrons. The topological polar surface area (TPSA) is 91.7 Å². The van der Waals surface area contributed by atoms with E-state index < -0.39 is 12.1 Å². The number of pyridine rings is 1. The van der Waals surface area contributed by atoms with E-state index in [4.69, 9.17) is 9.84 Å². The van der Waals surface area contributed by atoms with Gasteiger partial charge in [-0.05, 0) is 72.4 Å². The number of carboxylic acids is 1. The lowest BCUT2D eigenvalue weighted by Crippen LogP contribution is -2.36. The minimum absolute atomic E-state index is 0.0519. The molecule has 6 nitrogen and oxygen atoms in total. The molecule has 0 fully saturated rings. The number of aliphatic hydroxyl groups is 1. The first kappa shape index (κ1) is 21.0. The first-order chi connectivity index (χ1) is 15.0. The summed E-state index contributed by atoms with van der Waals surface area (Å²) in [5.41, 5.74) is 5.28. The number of nitrogens with one attached hydrogen (secondary N) is 1. The van der Waals surface area contributed by atoms with Gasteiger partial charge in [-0.25, -0.2) is 4.79 Å². The van der Waals surface area contributed by atoms with Crippen molar-refractivity contribution in [1.29, 1.82) is 0 Å². The van der Waals surface area contributed by atoms with Crippen LogP contribution in [0.15, 0.2) is 60.9 Å². The summed E-state index contributed by atoms with van der Waals surface area (Å²) in [6.07, 6.45) is 4.62. The summed E-state index contributed by atoms with van der Waals surface area (Å²) in [6, 6.07) is 15.0. The molecule has 3 aromatic rings. The second kappa shape index (κ2) is 9.29. The third kappa shape index (κ3) is 4.93. The average molecular weight is 418 g/mol. The second-order valence-corrected chi connectivity index (χ2v) is 7.90. The van der Waals surface area contributed by atoms with E-state index in [1.807, 2.05) is 37.3 Å². The van der Waals surface area contributed by atoms with Crippen LogP contribution in [0, 0.1) is 6.92 Å². The van der Waals surface area contributed by atoms with Gasteiger partial charge in [0.25, 0.3) is 0 Å². The highest BCUT2D eigenvalue weighted by Gasteiger charge is 2.21. The van der Waals surface area contributed by atoms with Gasteiger partial charge in [-0.2, -0.15) is 0 Å². The molecule has 1 aliphatic rings. The minimum Gasteiger partial charge on any atom is -0.489 e. The molecule has 0 saturated carbocycles. The summed E-state index contributed by atoms with van der Waals surface area (Å²) in [6.45, 7) is 3.04. The number of benzene rings is 2. The van der Waals surface area contributed by atoms with Crippen molar-refractivity contribution in [2.75, 3.05) is 13.1 Å². The zero-order valence-electron chi connectivity index (χ0n) is 17.4. The predicted molar refractivity (Wildman–Crippen MR) is 118 cm³/mol. The van der Waals surface area contributed by atoms with Crippen LogP contribution in [0.5, 0.6) is 5.75 Å². The maximum absolute atomic E-state index is 11.2. The van der Waals surface area contributed by atoms with Gasteiger partial charge in [0.2, 0.25) is 0 Å². The highest BCUT2D eigenvalue weighted by molar-refractivity contribution is 5.89. The second-order valence-electron chi connectivity index (χ2n) is 7.90. The molecule has 1 aliphatic heterocycles. The molecule has 0 aliphatic carbocycles. The monoisotopic (exact) mass is 418 g/mol. The number of aromatic nitrogens is 1. The normalized spacial score (nSPS) is 16.3. The van der Waals surface area contributed by atoms with Crippen molar-refractivity contribution in [3.63, 3.8) is 0 Å². The molecule has 6 heteroatoms. The van der Waals surface area contributed by atoms with Crippen LogP contribution in [-0.2, 0) is 6.42 Å². The number of ether oxygens (including phenoxy) is 1. The van der Waals surface area contributed by atoms with E-state index in [1.54, 1.807) is 24.5 Å². The lowest BCUT2D eigenvalue weighted by atomic mass is 9.94. The molecule has 3 N–H and O–H groups in total. The number of rotatable bonds is 7. The Hall–Kier alpha value is -3.22. The van der Waals surface area contributed by atoms with Crippen molar-refractivity contribution in [1.82, 2.24) is 10.3 Å². The molecule has 0 spiro atoms. The van der Waals surface area contributed by atoms with E-state index >= 15 is 0 Å². The van der Waals surface area contributed by atoms with Crippen LogP contribution in [0.25, 0.3) is 11.1 Å². The molecule has 2 atom stereocenters. The minimum atomic E-state index is -0.916. The first-order valence-electron chi connectivity index (χ1n) is 10.4. The SMILES string of the molecule is Cc1cc(C(=O)O)ccc1-c1ccc2c(c1)CC[C@@H](CNC[C@@H](O)c1cccnc1)O2. The number of aromatic carboxylic acids is 1. The summed E-state index contributed by atoms with van der Waals surface area (Å²) in [4.78, 5) is 15.2. The van der Waals surface area contributed by atoms with Crippen molar-refractivity contribution in [3.8, 4) is 16.9 Å². The molecule has 1 aromatic heterocycles. The Labute approximate surface area is 181 Å². The first-order valence-corrected chi connectivity index (χ1v) is 10.4. The molecular weight excluding hydrogens is 392 g/mol. The third-order valence-corrected chi connectivity index (χ3v) is 5.65. The van der Waals surface area contributed by atoms with Gasteiger partial charge >= 0.3 is 5.97 Å². The van der Waals surface area contributed by atoms with Crippen molar-refractivity contribution in [2.24, 2.45) is 0 Å². The Morgan fingerprint density at radius 2 is 2.13 bits per heavy atom. The van der Waals surface area contributed by atoms with Gasteiger partial charge < -0.3 is 20.3 Å². The molecule has 31 heavy (non-hydrogen) atoms. The summed E-state index contributed by atoms with van der Waals surface area (Å²) in [7, 11) is 0. The van der Waals surface area contributed by atoms with E-state index in [9.17, 15) is 9.90 Å². The Kier molecular flexibility index (Phi) is 6.30. The number of aryl methyl sites for hydroxylation is 2. The lowest BCUT2D eigenvalue weighted by molar-refractivity contribution is 0.0696. The van der Waals surface area contributed by atoms with E-state index in [2.05, 4.69) is 16.4 Å². The highest BCUT2D eigenvalue weighted by Crippen LogP contribution is 2.33. The van der Waals surface area contributed by atoms with Crippen LogP contribution in [0.1, 0.15) is 39.6 Å². The predicted octanol–water partition coefficient (Wildman–Crippen LogP) is 3.77. The molecule has 0 amide bonds. The lowest BCUT2D eigenvalue weighted by Gasteiger charge is -2.27. The van der Waals surface area contributed by atoms with E-state index in [0.717, 1.165) is 46.4 Å². The molecule has 4 rings (SSSR count). The van der Waals surface area contributed by atoms with Crippen LogP contribution in [0.3, 0.4) is 0 Å². The number of hydrogen-bond donors (Lipinski definition) is 3. The molecule has 0 bridgehead atoms. The molecular formula is C25H26N2O4. The summed E-state index contributed by atoms with van der Waals surface area (Å²) >= 11 is 0. The Bertz CT molecular complexity index is 1070. The standard InChI is InChI=1S/C25H26N2O4/c1-16-11-19(25(29)30)5-8-22(16)17-6-9-24-18(12-17)4-7-21(31-24)14-27-15-23(28)20-3-2-10-26-13-20/h2-3,5-6,8-13,21,23,27-28H,4,7,14-15H2,1H3,(H,29,30)/t21-,23+/m0/s1.